The number of amides is 1. The summed E-state index contributed by atoms with van der Waals surface area (Å²) >= 11 is 6.24. The van der Waals surface area contributed by atoms with Crippen LogP contribution in [-0.2, 0) is 4.79 Å². The number of halogens is 1. The molecule has 0 saturated carbocycles. The van der Waals surface area contributed by atoms with Gasteiger partial charge in [0.05, 0.1) is 25.3 Å². The SMILES string of the molecule is COc1ccc(C(CC(=O)O)NC(=O)c2cc(=O)n(-c3ccccc3)[nH]2)c(Cl)c1. The number of benzene rings is 2. The molecule has 0 saturated heterocycles. The Labute approximate surface area is 170 Å². The smallest absolute Gasteiger partial charge is 0.305 e. The Morgan fingerprint density at radius 3 is 2.55 bits per heavy atom. The molecule has 2 aromatic carbocycles. The van der Waals surface area contributed by atoms with Gasteiger partial charge < -0.3 is 15.2 Å². The highest BCUT2D eigenvalue weighted by atomic mass is 35.5. The van der Waals surface area contributed by atoms with Gasteiger partial charge in [-0.1, -0.05) is 35.9 Å². The third kappa shape index (κ3) is 4.67. The average Bonchev–Trinajstić information content (AvgIpc) is 3.09. The molecule has 0 spiro atoms. The van der Waals surface area contributed by atoms with E-state index in [1.54, 1.807) is 42.5 Å². The van der Waals surface area contributed by atoms with Gasteiger partial charge in [-0.25, -0.2) is 4.68 Å². The van der Waals surface area contributed by atoms with E-state index >= 15 is 0 Å². The minimum absolute atomic E-state index is 0.00104. The number of nitrogens with zero attached hydrogens (tertiary/aromatic N) is 1. The van der Waals surface area contributed by atoms with E-state index in [1.807, 2.05) is 0 Å². The van der Waals surface area contributed by atoms with Crippen molar-refractivity contribution in [2.24, 2.45) is 0 Å². The van der Waals surface area contributed by atoms with E-state index in [9.17, 15) is 19.5 Å². The monoisotopic (exact) mass is 415 g/mol. The highest BCUT2D eigenvalue weighted by Crippen LogP contribution is 2.29. The molecule has 1 amide bonds. The van der Waals surface area contributed by atoms with E-state index in [1.165, 1.54) is 17.9 Å². The lowest BCUT2D eigenvalue weighted by Crippen LogP contribution is -2.30. The van der Waals surface area contributed by atoms with E-state index in [4.69, 9.17) is 16.3 Å². The number of aliphatic carboxylic acids is 1. The second-order valence-electron chi connectivity index (χ2n) is 6.19. The van der Waals surface area contributed by atoms with Crippen LogP contribution in [0.25, 0.3) is 5.69 Å². The molecule has 3 aromatic rings. The molecular weight excluding hydrogens is 398 g/mol. The highest BCUT2D eigenvalue weighted by Gasteiger charge is 2.23. The molecule has 0 aliphatic heterocycles. The van der Waals surface area contributed by atoms with Crippen molar-refractivity contribution in [1.82, 2.24) is 15.1 Å². The van der Waals surface area contributed by atoms with E-state index in [2.05, 4.69) is 10.4 Å². The first-order valence-corrected chi connectivity index (χ1v) is 9.00. The largest absolute Gasteiger partial charge is 0.497 e. The minimum atomic E-state index is -1.11. The lowest BCUT2D eigenvalue weighted by molar-refractivity contribution is -0.137. The fourth-order valence-electron chi connectivity index (χ4n) is 2.85. The second kappa shape index (κ2) is 8.66. The molecule has 0 fully saturated rings. The summed E-state index contributed by atoms with van der Waals surface area (Å²) in [5, 5.41) is 14.8. The first kappa shape index (κ1) is 20.2. The fourth-order valence-corrected chi connectivity index (χ4v) is 3.15. The molecule has 1 aromatic heterocycles. The molecule has 3 rings (SSSR count). The van der Waals surface area contributed by atoms with Crippen LogP contribution in [0.3, 0.4) is 0 Å². The molecule has 150 valence electrons. The number of carboxylic acids is 1. The summed E-state index contributed by atoms with van der Waals surface area (Å²) in [6, 6.07) is 13.7. The van der Waals surface area contributed by atoms with E-state index in [-0.39, 0.29) is 17.1 Å². The van der Waals surface area contributed by atoms with Gasteiger partial charge in [0.1, 0.15) is 11.4 Å². The van der Waals surface area contributed by atoms with Crippen molar-refractivity contribution < 1.29 is 19.4 Å². The van der Waals surface area contributed by atoms with Crippen LogP contribution in [0, 0.1) is 0 Å². The molecule has 8 nitrogen and oxygen atoms in total. The average molecular weight is 416 g/mol. The van der Waals surface area contributed by atoms with Crippen molar-refractivity contribution in [2.45, 2.75) is 12.5 Å². The molecule has 1 atom stereocenters. The molecule has 0 aliphatic rings. The van der Waals surface area contributed by atoms with Crippen LogP contribution in [0.1, 0.15) is 28.5 Å². The summed E-state index contributed by atoms with van der Waals surface area (Å²) in [5.74, 6) is -1.24. The van der Waals surface area contributed by atoms with Crippen LogP contribution in [0.2, 0.25) is 5.02 Å². The number of aromatic amines is 1. The van der Waals surface area contributed by atoms with Gasteiger partial charge in [0.15, 0.2) is 0 Å². The minimum Gasteiger partial charge on any atom is -0.497 e. The van der Waals surface area contributed by atoms with Crippen LogP contribution in [0.15, 0.2) is 59.4 Å². The van der Waals surface area contributed by atoms with Crippen LogP contribution in [-0.4, -0.2) is 33.9 Å². The number of nitrogens with one attached hydrogen (secondary N) is 2. The summed E-state index contributed by atoms with van der Waals surface area (Å²) < 4.78 is 6.31. The van der Waals surface area contributed by atoms with Gasteiger partial charge in [-0.3, -0.25) is 19.5 Å². The maximum atomic E-state index is 12.7. The Balaban J connectivity index is 1.88. The van der Waals surface area contributed by atoms with Crippen LogP contribution in [0.5, 0.6) is 5.75 Å². The number of H-pyrrole nitrogens is 1. The number of carbonyl (C=O) groups excluding carboxylic acids is 1. The second-order valence-corrected chi connectivity index (χ2v) is 6.60. The molecule has 29 heavy (non-hydrogen) atoms. The van der Waals surface area contributed by atoms with Crippen LogP contribution >= 0.6 is 11.6 Å². The van der Waals surface area contributed by atoms with Gasteiger partial charge in [0, 0.05) is 11.1 Å². The lowest BCUT2D eigenvalue weighted by atomic mass is 10.0. The van der Waals surface area contributed by atoms with Crippen molar-refractivity contribution in [1.29, 1.82) is 0 Å². The van der Waals surface area contributed by atoms with Crippen molar-refractivity contribution in [2.75, 3.05) is 7.11 Å². The predicted octanol–water partition coefficient (Wildman–Crippen LogP) is 2.77. The number of carboxylic acid groups (broad SMARTS) is 1. The third-order valence-corrected chi connectivity index (χ3v) is 4.57. The van der Waals surface area contributed by atoms with Gasteiger partial charge in [-0.05, 0) is 29.8 Å². The van der Waals surface area contributed by atoms with Gasteiger partial charge in [-0.2, -0.15) is 0 Å². The van der Waals surface area contributed by atoms with Crippen molar-refractivity contribution in [3.8, 4) is 11.4 Å². The van der Waals surface area contributed by atoms with Crippen LogP contribution in [0.4, 0.5) is 0 Å². The van der Waals surface area contributed by atoms with Crippen LogP contribution < -0.4 is 15.6 Å². The van der Waals surface area contributed by atoms with Gasteiger partial charge in [-0.15, -0.1) is 0 Å². The summed E-state index contributed by atoms with van der Waals surface area (Å²) in [7, 11) is 1.48. The molecule has 9 heteroatoms. The topological polar surface area (TPSA) is 113 Å². The molecule has 1 heterocycles. The quantitative estimate of drug-likeness (QED) is 0.549. The first-order valence-electron chi connectivity index (χ1n) is 8.62. The number of hydrogen-bond donors (Lipinski definition) is 3. The molecule has 0 radical (unpaired) electrons. The van der Waals surface area contributed by atoms with E-state index in [0.29, 0.717) is 17.0 Å². The maximum absolute atomic E-state index is 12.7. The Bertz CT molecular complexity index is 1090. The van der Waals surface area contributed by atoms with Gasteiger partial charge >= 0.3 is 5.97 Å². The zero-order valence-electron chi connectivity index (χ0n) is 15.4. The summed E-state index contributed by atoms with van der Waals surface area (Å²) in [6.45, 7) is 0. The Morgan fingerprint density at radius 2 is 1.93 bits per heavy atom. The lowest BCUT2D eigenvalue weighted by Gasteiger charge is -2.19. The molecule has 0 aliphatic carbocycles. The molecule has 1 unspecified atom stereocenters. The molecular formula is C20H18ClN3O5. The molecule has 3 N–H and O–H groups in total. The zero-order valence-corrected chi connectivity index (χ0v) is 16.1. The van der Waals surface area contributed by atoms with Gasteiger partial charge in [0.25, 0.3) is 11.5 Å². The van der Waals surface area contributed by atoms with Crippen molar-refractivity contribution >= 4 is 23.5 Å². The maximum Gasteiger partial charge on any atom is 0.305 e. The van der Waals surface area contributed by atoms with Gasteiger partial charge in [0.2, 0.25) is 0 Å². The third-order valence-electron chi connectivity index (χ3n) is 4.25. The zero-order chi connectivity index (χ0) is 21.0. The first-order chi connectivity index (χ1) is 13.9. The number of methoxy groups -OCH3 is 1. The van der Waals surface area contributed by atoms with E-state index < -0.39 is 23.5 Å². The highest BCUT2D eigenvalue weighted by molar-refractivity contribution is 6.31. The summed E-state index contributed by atoms with van der Waals surface area (Å²) in [6.07, 6.45) is -0.387. The normalized spacial score (nSPS) is 11.7. The molecule has 0 bridgehead atoms. The summed E-state index contributed by atoms with van der Waals surface area (Å²) in [5.41, 5.74) is 0.572. The standard InChI is InChI=1S/C20H18ClN3O5/c1-29-13-7-8-14(15(21)9-13)16(11-19(26)27)22-20(28)17-10-18(25)24(23-17)12-5-3-2-4-6-12/h2-10,16,23H,11H2,1H3,(H,22,28)(H,26,27). The number of carbonyl (C=O) groups is 2. The number of ether oxygens (including phenoxy) is 1. The van der Waals surface area contributed by atoms with E-state index in [0.717, 1.165) is 6.07 Å². The number of rotatable bonds is 7. The number of para-hydroxylation sites is 1. The van der Waals surface area contributed by atoms with Crippen molar-refractivity contribution in [3.05, 3.63) is 81.2 Å². The predicted molar refractivity (Wildman–Crippen MR) is 107 cm³/mol. The fraction of sp³-hybridized carbons (Fsp3) is 0.150. The number of aromatic nitrogens is 2. The number of hydrogen-bond acceptors (Lipinski definition) is 4. The van der Waals surface area contributed by atoms with Crippen molar-refractivity contribution in [3.63, 3.8) is 0 Å². The Kier molecular flexibility index (Phi) is 6.04. The Morgan fingerprint density at radius 1 is 1.21 bits per heavy atom. The summed E-state index contributed by atoms with van der Waals surface area (Å²) in [4.78, 5) is 36.2. The Hall–Kier alpha value is -3.52.